The van der Waals surface area contributed by atoms with Crippen LogP contribution in [0.3, 0.4) is 0 Å². The monoisotopic (exact) mass is 361 g/mol. The molecule has 0 radical (unpaired) electrons. The predicted octanol–water partition coefficient (Wildman–Crippen LogP) is 2.58. The molecule has 0 spiro atoms. The quantitative estimate of drug-likeness (QED) is 0.828. The van der Waals surface area contributed by atoms with Crippen molar-refractivity contribution in [3.63, 3.8) is 0 Å². The molecule has 0 aromatic heterocycles. The summed E-state index contributed by atoms with van der Waals surface area (Å²) in [6.07, 6.45) is 0. The fraction of sp³-hybridized carbons (Fsp3) is 0.222. The van der Waals surface area contributed by atoms with E-state index < -0.39 is 11.9 Å². The molecule has 0 aliphatic carbocycles. The number of amides is 1. The minimum Gasteiger partial charge on any atom is -0.486 e. The van der Waals surface area contributed by atoms with Crippen molar-refractivity contribution in [1.29, 1.82) is 0 Å². The molecule has 130 valence electrons. The number of hydrogen-bond acceptors (Lipinski definition) is 5. The molecule has 1 heterocycles. The number of nitrogens with one attached hydrogen (secondary N) is 1. The zero-order valence-corrected chi connectivity index (χ0v) is 14.0. The second-order valence-corrected chi connectivity index (χ2v) is 5.78. The van der Waals surface area contributed by atoms with E-state index in [1.54, 1.807) is 36.4 Å². The molecular weight excluding hydrogens is 346 g/mol. The van der Waals surface area contributed by atoms with Crippen LogP contribution in [0, 0.1) is 0 Å². The summed E-state index contributed by atoms with van der Waals surface area (Å²) in [5, 5.41) is 3.26. The summed E-state index contributed by atoms with van der Waals surface area (Å²) in [6.45, 7) is 0.843. The molecule has 0 unspecified atom stereocenters. The first-order valence-corrected chi connectivity index (χ1v) is 8.07. The maximum Gasteiger partial charge on any atom is 0.338 e. The highest BCUT2D eigenvalue weighted by atomic mass is 35.5. The van der Waals surface area contributed by atoms with Gasteiger partial charge < -0.3 is 19.5 Å². The van der Waals surface area contributed by atoms with Crippen molar-refractivity contribution in [3.8, 4) is 11.5 Å². The average molecular weight is 362 g/mol. The number of halogens is 1. The van der Waals surface area contributed by atoms with Crippen LogP contribution in [0.4, 0.5) is 0 Å². The maximum atomic E-state index is 12.0. The van der Waals surface area contributed by atoms with Crippen LogP contribution in [0.5, 0.6) is 11.5 Å². The average Bonchev–Trinajstić information content (AvgIpc) is 2.64. The molecule has 3 rings (SSSR count). The first-order chi connectivity index (χ1) is 12.1. The number of carbonyl (C=O) groups excluding carboxylic acids is 2. The Labute approximate surface area is 149 Å². The first-order valence-electron chi connectivity index (χ1n) is 7.70. The topological polar surface area (TPSA) is 73.9 Å². The summed E-state index contributed by atoms with van der Waals surface area (Å²) in [7, 11) is 0. The van der Waals surface area contributed by atoms with E-state index in [4.69, 9.17) is 25.8 Å². The van der Waals surface area contributed by atoms with Crippen LogP contribution in [0.2, 0.25) is 5.02 Å². The molecule has 0 saturated heterocycles. The van der Waals surface area contributed by atoms with Gasteiger partial charge in [0.25, 0.3) is 5.91 Å². The number of carbonyl (C=O) groups is 2. The van der Waals surface area contributed by atoms with Crippen LogP contribution in [0.15, 0.2) is 42.5 Å². The van der Waals surface area contributed by atoms with E-state index in [0.29, 0.717) is 41.8 Å². The Morgan fingerprint density at radius 2 is 1.88 bits per heavy atom. The molecule has 7 heteroatoms. The van der Waals surface area contributed by atoms with E-state index in [-0.39, 0.29) is 6.61 Å². The molecule has 1 aliphatic rings. The number of rotatable bonds is 5. The Morgan fingerprint density at radius 1 is 1.08 bits per heavy atom. The number of hydrogen-bond donors (Lipinski definition) is 1. The van der Waals surface area contributed by atoms with Crippen molar-refractivity contribution in [2.45, 2.75) is 6.54 Å². The lowest BCUT2D eigenvalue weighted by molar-refractivity contribution is -0.124. The van der Waals surface area contributed by atoms with Crippen molar-refractivity contribution in [2.24, 2.45) is 0 Å². The largest absolute Gasteiger partial charge is 0.486 e. The lowest BCUT2D eigenvalue weighted by atomic mass is 10.2. The number of esters is 1. The summed E-state index contributed by atoms with van der Waals surface area (Å²) in [6, 6.07) is 11.9. The molecule has 2 aromatic rings. The van der Waals surface area contributed by atoms with Crippen molar-refractivity contribution in [1.82, 2.24) is 5.32 Å². The normalized spacial score (nSPS) is 12.4. The van der Waals surface area contributed by atoms with Crippen LogP contribution in [-0.4, -0.2) is 31.7 Å². The van der Waals surface area contributed by atoms with Crippen molar-refractivity contribution in [3.05, 3.63) is 58.6 Å². The third-order valence-electron chi connectivity index (χ3n) is 3.49. The maximum absolute atomic E-state index is 12.0. The zero-order chi connectivity index (χ0) is 17.6. The number of ether oxygens (including phenoxy) is 3. The molecule has 6 nitrogen and oxygen atoms in total. The fourth-order valence-electron chi connectivity index (χ4n) is 2.28. The first kappa shape index (κ1) is 17.1. The van der Waals surface area contributed by atoms with E-state index in [1.165, 1.54) is 0 Å². The van der Waals surface area contributed by atoms with E-state index in [9.17, 15) is 9.59 Å². The summed E-state index contributed by atoms with van der Waals surface area (Å²) < 4.78 is 15.8. The van der Waals surface area contributed by atoms with Gasteiger partial charge in [-0.15, -0.1) is 0 Å². The third kappa shape index (κ3) is 4.64. The predicted molar refractivity (Wildman–Crippen MR) is 91.0 cm³/mol. The molecular formula is C18H16ClNO5. The highest BCUT2D eigenvalue weighted by molar-refractivity contribution is 6.30. The molecule has 1 amide bonds. The molecule has 0 saturated carbocycles. The second kappa shape index (κ2) is 7.90. The molecule has 1 N–H and O–H groups in total. The van der Waals surface area contributed by atoms with Crippen LogP contribution < -0.4 is 14.8 Å². The van der Waals surface area contributed by atoms with Crippen LogP contribution in [0.25, 0.3) is 0 Å². The van der Waals surface area contributed by atoms with Gasteiger partial charge in [0.05, 0.1) is 5.56 Å². The van der Waals surface area contributed by atoms with Gasteiger partial charge in [-0.05, 0) is 35.9 Å². The van der Waals surface area contributed by atoms with E-state index in [1.807, 2.05) is 6.07 Å². The summed E-state index contributed by atoms with van der Waals surface area (Å²) in [5.74, 6) is 0.0777. The highest BCUT2D eigenvalue weighted by Crippen LogP contribution is 2.30. The molecule has 0 bridgehead atoms. The Morgan fingerprint density at radius 3 is 2.68 bits per heavy atom. The Kier molecular flexibility index (Phi) is 5.40. The van der Waals surface area contributed by atoms with Crippen molar-refractivity contribution in [2.75, 3.05) is 19.8 Å². The van der Waals surface area contributed by atoms with Gasteiger partial charge in [0.2, 0.25) is 0 Å². The van der Waals surface area contributed by atoms with Gasteiger partial charge in [-0.2, -0.15) is 0 Å². The van der Waals surface area contributed by atoms with E-state index in [0.717, 1.165) is 5.56 Å². The van der Waals surface area contributed by atoms with Gasteiger partial charge in [0, 0.05) is 11.6 Å². The number of fused-ring (bicyclic) bond motifs is 1. The molecule has 0 fully saturated rings. The van der Waals surface area contributed by atoms with E-state index >= 15 is 0 Å². The van der Waals surface area contributed by atoms with Crippen LogP contribution >= 0.6 is 11.6 Å². The summed E-state index contributed by atoms with van der Waals surface area (Å²) in [4.78, 5) is 23.8. The van der Waals surface area contributed by atoms with Gasteiger partial charge in [0.15, 0.2) is 18.1 Å². The highest BCUT2D eigenvalue weighted by Gasteiger charge is 2.16. The van der Waals surface area contributed by atoms with Crippen LogP contribution in [0.1, 0.15) is 15.9 Å². The molecule has 0 atom stereocenters. The van der Waals surface area contributed by atoms with Gasteiger partial charge in [0.1, 0.15) is 13.2 Å². The zero-order valence-electron chi connectivity index (χ0n) is 13.3. The Balaban J connectivity index is 1.49. The standard InChI is InChI=1S/C18H16ClNO5/c19-14-3-1-2-12(8-14)10-20-17(21)11-25-18(22)13-4-5-15-16(9-13)24-7-6-23-15/h1-5,8-9H,6-7,10-11H2,(H,20,21). The Bertz CT molecular complexity index is 793. The minimum atomic E-state index is -0.602. The second-order valence-electron chi connectivity index (χ2n) is 5.34. The number of benzene rings is 2. The van der Waals surface area contributed by atoms with Gasteiger partial charge >= 0.3 is 5.97 Å². The van der Waals surface area contributed by atoms with Crippen molar-refractivity contribution >= 4 is 23.5 Å². The lowest BCUT2D eigenvalue weighted by Crippen LogP contribution is -2.28. The SMILES string of the molecule is O=C(COC(=O)c1ccc2c(c1)OCCO2)NCc1cccc(Cl)c1. The van der Waals surface area contributed by atoms with Crippen molar-refractivity contribution < 1.29 is 23.8 Å². The van der Waals surface area contributed by atoms with Crippen LogP contribution in [-0.2, 0) is 16.1 Å². The smallest absolute Gasteiger partial charge is 0.338 e. The van der Waals surface area contributed by atoms with Gasteiger partial charge in [-0.1, -0.05) is 23.7 Å². The molecule has 25 heavy (non-hydrogen) atoms. The van der Waals surface area contributed by atoms with Gasteiger partial charge in [-0.3, -0.25) is 4.79 Å². The van der Waals surface area contributed by atoms with Gasteiger partial charge in [-0.25, -0.2) is 4.79 Å². The summed E-state index contributed by atoms with van der Waals surface area (Å²) in [5.41, 5.74) is 1.16. The minimum absolute atomic E-state index is 0.298. The fourth-order valence-corrected chi connectivity index (χ4v) is 2.50. The third-order valence-corrected chi connectivity index (χ3v) is 3.73. The lowest BCUT2D eigenvalue weighted by Gasteiger charge is -2.18. The van der Waals surface area contributed by atoms with E-state index in [2.05, 4.69) is 5.32 Å². The summed E-state index contributed by atoms with van der Waals surface area (Å²) >= 11 is 5.88. The molecule has 2 aromatic carbocycles. The molecule has 1 aliphatic heterocycles. The Hall–Kier alpha value is -2.73.